The monoisotopic (exact) mass is 271 g/mol. The lowest BCUT2D eigenvalue weighted by Crippen LogP contribution is -2.19. The summed E-state index contributed by atoms with van der Waals surface area (Å²) in [6, 6.07) is 0. The van der Waals surface area contributed by atoms with Crippen molar-refractivity contribution in [2.45, 2.75) is 76.8 Å². The van der Waals surface area contributed by atoms with Gasteiger partial charge in [0.15, 0.2) is 0 Å². The van der Waals surface area contributed by atoms with Crippen LogP contribution in [0.3, 0.4) is 0 Å². The van der Waals surface area contributed by atoms with E-state index in [1.807, 2.05) is 0 Å². The van der Waals surface area contributed by atoms with Gasteiger partial charge in [0.05, 0.1) is 0 Å². The Bertz CT molecular complexity index is 245. The molecule has 0 aromatic rings. The summed E-state index contributed by atoms with van der Waals surface area (Å²) in [7, 11) is -0.939. The standard InChI is InChI=1S/C14H29NSSi/c1-5-6-7-8-11-15-13-9-10-14(12-13)16-17(2,3)4/h14H,5-12H2,1-4H3. The van der Waals surface area contributed by atoms with E-state index in [9.17, 15) is 0 Å². The highest BCUT2D eigenvalue weighted by Gasteiger charge is 2.26. The molecule has 0 saturated heterocycles. The predicted octanol–water partition coefficient (Wildman–Crippen LogP) is 5.13. The predicted molar refractivity (Wildman–Crippen MR) is 85.0 cm³/mol. The smallest absolute Gasteiger partial charge is 0.108 e. The van der Waals surface area contributed by atoms with Crippen molar-refractivity contribution in [1.29, 1.82) is 0 Å². The summed E-state index contributed by atoms with van der Waals surface area (Å²) < 4.78 is 0. The van der Waals surface area contributed by atoms with Gasteiger partial charge in [-0.15, -0.1) is 0 Å². The van der Waals surface area contributed by atoms with Gasteiger partial charge >= 0.3 is 0 Å². The second-order valence-corrected chi connectivity index (χ2v) is 15.6. The molecule has 100 valence electrons. The van der Waals surface area contributed by atoms with Gasteiger partial charge < -0.3 is 0 Å². The molecule has 1 unspecified atom stereocenters. The zero-order valence-corrected chi connectivity index (χ0v) is 13.9. The van der Waals surface area contributed by atoms with Crippen LogP contribution in [0.25, 0.3) is 0 Å². The van der Waals surface area contributed by atoms with E-state index >= 15 is 0 Å². The largest absolute Gasteiger partial charge is 0.294 e. The van der Waals surface area contributed by atoms with Crippen LogP contribution >= 0.6 is 11.2 Å². The van der Waals surface area contributed by atoms with Crippen molar-refractivity contribution < 1.29 is 0 Å². The van der Waals surface area contributed by atoms with Gasteiger partial charge in [0.2, 0.25) is 0 Å². The summed E-state index contributed by atoms with van der Waals surface area (Å²) >= 11 is 2.27. The average molecular weight is 272 g/mol. The first-order chi connectivity index (χ1) is 8.01. The van der Waals surface area contributed by atoms with Gasteiger partial charge in [-0.3, -0.25) is 4.99 Å². The third-order valence-corrected chi connectivity index (χ3v) is 7.65. The molecule has 0 aliphatic heterocycles. The van der Waals surface area contributed by atoms with Crippen LogP contribution in [0, 0.1) is 0 Å². The normalized spacial score (nSPS) is 23.5. The molecule has 0 spiro atoms. The number of hydrogen-bond acceptors (Lipinski definition) is 2. The number of hydrogen-bond donors (Lipinski definition) is 0. The van der Waals surface area contributed by atoms with E-state index in [2.05, 4.69) is 37.8 Å². The topological polar surface area (TPSA) is 12.4 Å². The van der Waals surface area contributed by atoms with Gasteiger partial charge in [-0.05, 0) is 25.7 Å². The molecule has 17 heavy (non-hydrogen) atoms. The Balaban J connectivity index is 2.18. The van der Waals surface area contributed by atoms with Crippen molar-refractivity contribution in [2.24, 2.45) is 4.99 Å². The lowest BCUT2D eigenvalue weighted by molar-refractivity contribution is 0.674. The molecular formula is C14H29NSSi. The fraction of sp³-hybridized carbons (Fsp3) is 0.929. The van der Waals surface area contributed by atoms with Crippen molar-refractivity contribution >= 4 is 24.1 Å². The summed E-state index contributed by atoms with van der Waals surface area (Å²) in [4.78, 5) is 4.79. The van der Waals surface area contributed by atoms with Gasteiger partial charge in [0, 0.05) is 17.5 Å². The van der Waals surface area contributed by atoms with Gasteiger partial charge in [-0.2, -0.15) is 11.2 Å². The van der Waals surface area contributed by atoms with Crippen LogP contribution in [0.15, 0.2) is 4.99 Å². The molecule has 0 aromatic carbocycles. The molecule has 1 aliphatic rings. The van der Waals surface area contributed by atoms with E-state index in [1.165, 1.54) is 50.7 Å². The minimum Gasteiger partial charge on any atom is -0.294 e. The Morgan fingerprint density at radius 3 is 2.65 bits per heavy atom. The maximum atomic E-state index is 4.79. The van der Waals surface area contributed by atoms with E-state index in [1.54, 1.807) is 0 Å². The molecule has 1 atom stereocenters. The van der Waals surface area contributed by atoms with Crippen molar-refractivity contribution in [3.8, 4) is 0 Å². The molecule has 0 radical (unpaired) electrons. The van der Waals surface area contributed by atoms with Crippen LogP contribution < -0.4 is 0 Å². The van der Waals surface area contributed by atoms with Crippen molar-refractivity contribution in [3.63, 3.8) is 0 Å². The zero-order chi connectivity index (χ0) is 12.7. The van der Waals surface area contributed by atoms with Crippen LogP contribution in [-0.2, 0) is 0 Å². The Kier molecular flexibility index (Phi) is 6.86. The molecule has 3 heteroatoms. The molecule has 0 amide bonds. The lowest BCUT2D eigenvalue weighted by Gasteiger charge is -2.19. The first-order valence-electron chi connectivity index (χ1n) is 7.21. The second kappa shape index (κ2) is 7.62. The summed E-state index contributed by atoms with van der Waals surface area (Å²) in [6.45, 7) is 10.7. The summed E-state index contributed by atoms with van der Waals surface area (Å²) in [5.41, 5.74) is 1.51. The van der Waals surface area contributed by atoms with Crippen molar-refractivity contribution in [1.82, 2.24) is 0 Å². The molecule has 1 aliphatic carbocycles. The van der Waals surface area contributed by atoms with Gasteiger partial charge in [0.1, 0.15) is 7.22 Å². The van der Waals surface area contributed by atoms with Gasteiger partial charge in [-0.25, -0.2) is 0 Å². The molecule has 1 rings (SSSR count). The van der Waals surface area contributed by atoms with Gasteiger partial charge in [0.25, 0.3) is 0 Å². The molecule has 0 N–H and O–H groups in total. The van der Waals surface area contributed by atoms with E-state index in [0.29, 0.717) is 0 Å². The second-order valence-electron chi connectivity index (χ2n) is 6.10. The Labute approximate surface area is 113 Å². The molecule has 0 heterocycles. The summed E-state index contributed by atoms with van der Waals surface area (Å²) in [5.74, 6) is 0. The first kappa shape index (κ1) is 15.3. The third kappa shape index (κ3) is 7.30. The third-order valence-electron chi connectivity index (χ3n) is 3.09. The molecule has 1 saturated carbocycles. The van der Waals surface area contributed by atoms with Crippen molar-refractivity contribution in [3.05, 3.63) is 0 Å². The quantitative estimate of drug-likeness (QED) is 0.462. The maximum Gasteiger partial charge on any atom is 0.108 e. The fourth-order valence-electron chi connectivity index (χ4n) is 2.31. The number of rotatable bonds is 7. The maximum absolute atomic E-state index is 4.79. The Hall–Kier alpha value is 0.237. The number of nitrogens with zero attached hydrogens (tertiary/aromatic N) is 1. The van der Waals surface area contributed by atoms with Crippen LogP contribution in [0.5, 0.6) is 0 Å². The average Bonchev–Trinajstić information content (AvgIpc) is 2.63. The summed E-state index contributed by atoms with van der Waals surface area (Å²) in [6.07, 6.45) is 9.29. The number of unbranched alkanes of at least 4 members (excludes halogenated alkanes) is 3. The SMILES string of the molecule is CCCCCCN=C1CCC(S[Si](C)(C)C)C1. The lowest BCUT2D eigenvalue weighted by atomic mass is 10.2. The van der Waals surface area contributed by atoms with Crippen LogP contribution in [0.4, 0.5) is 0 Å². The van der Waals surface area contributed by atoms with Crippen LogP contribution in [0.2, 0.25) is 19.6 Å². The van der Waals surface area contributed by atoms with Crippen molar-refractivity contribution in [2.75, 3.05) is 6.54 Å². The van der Waals surface area contributed by atoms with Gasteiger partial charge in [-0.1, -0.05) is 45.8 Å². The van der Waals surface area contributed by atoms with Crippen LogP contribution in [-0.4, -0.2) is 24.7 Å². The molecule has 1 nitrogen and oxygen atoms in total. The highest BCUT2D eigenvalue weighted by Crippen LogP contribution is 2.34. The number of aliphatic imine (C=N–C) groups is 1. The van der Waals surface area contributed by atoms with E-state index in [4.69, 9.17) is 4.99 Å². The highest BCUT2D eigenvalue weighted by atomic mass is 32.4. The Morgan fingerprint density at radius 2 is 2.00 bits per heavy atom. The van der Waals surface area contributed by atoms with E-state index in [-0.39, 0.29) is 0 Å². The first-order valence-corrected chi connectivity index (χ1v) is 12.3. The molecule has 1 fully saturated rings. The van der Waals surface area contributed by atoms with E-state index < -0.39 is 7.22 Å². The molecule has 0 aromatic heterocycles. The zero-order valence-electron chi connectivity index (χ0n) is 12.1. The summed E-state index contributed by atoms with van der Waals surface area (Å²) in [5, 5.41) is 0.885. The molecule has 0 bridgehead atoms. The van der Waals surface area contributed by atoms with Crippen LogP contribution in [0.1, 0.15) is 51.9 Å². The minimum atomic E-state index is -0.939. The van der Waals surface area contributed by atoms with E-state index in [0.717, 1.165) is 11.8 Å². The Morgan fingerprint density at radius 1 is 1.24 bits per heavy atom. The molecular weight excluding hydrogens is 242 g/mol. The minimum absolute atomic E-state index is 0.885. The highest BCUT2D eigenvalue weighted by molar-refractivity contribution is 8.29. The fourth-order valence-corrected chi connectivity index (χ4v) is 7.43.